The van der Waals surface area contributed by atoms with Gasteiger partial charge in [-0.25, -0.2) is 20.8 Å². The second-order valence-corrected chi connectivity index (χ2v) is 8.22. The van der Waals surface area contributed by atoms with Crippen LogP contribution in [-0.2, 0) is 13.1 Å². The molecule has 0 saturated heterocycles. The van der Waals surface area contributed by atoms with Crippen molar-refractivity contribution in [2.45, 2.75) is 13.1 Å². The Kier molecular flexibility index (Phi) is 10.7. The maximum Gasteiger partial charge on any atom is 0.209 e. The van der Waals surface area contributed by atoms with Crippen molar-refractivity contribution in [2.24, 2.45) is 31.7 Å². The van der Waals surface area contributed by atoms with Crippen molar-refractivity contribution in [3.05, 3.63) is 108 Å². The monoisotopic (exact) mass is 578 g/mol. The van der Waals surface area contributed by atoms with Gasteiger partial charge in [-0.2, -0.15) is 10.2 Å². The summed E-state index contributed by atoms with van der Waals surface area (Å²) in [6, 6.07) is 23.4. The molecule has 0 aliphatic carbocycles. The molecule has 0 aliphatic rings. The Morgan fingerprint density at radius 2 is 0.975 bits per heavy atom. The van der Waals surface area contributed by atoms with Crippen LogP contribution in [0.4, 0.5) is 0 Å². The molecule has 206 valence electrons. The first-order valence-electron chi connectivity index (χ1n) is 11.9. The zero-order valence-corrected chi connectivity index (χ0v) is 22.9. The van der Waals surface area contributed by atoms with Crippen LogP contribution >= 0.6 is 24.8 Å². The Morgan fingerprint density at radius 1 is 0.600 bits per heavy atom. The molecule has 40 heavy (non-hydrogen) atoms. The lowest BCUT2D eigenvalue weighted by Crippen LogP contribution is -2.27. The molecule has 0 aliphatic heterocycles. The number of benzene rings is 3. The van der Waals surface area contributed by atoms with Crippen LogP contribution in [0.5, 0.6) is 0 Å². The molecule has 0 fully saturated rings. The van der Waals surface area contributed by atoms with Gasteiger partial charge in [-0.15, -0.1) is 24.8 Å². The third-order valence-corrected chi connectivity index (χ3v) is 5.73. The average molecular weight is 579 g/mol. The van der Waals surface area contributed by atoms with Gasteiger partial charge in [0.05, 0.1) is 25.0 Å². The SMILES string of the molecule is Cl.Cl.NC(=NCc1ccco1)NN=Cc1c2ccccc2c(C=NNC(N)=NCc2ccco2)c2ccccc12. The lowest BCUT2D eigenvalue weighted by Gasteiger charge is -2.12. The molecule has 0 unspecified atom stereocenters. The van der Waals surface area contributed by atoms with Gasteiger partial charge in [-0.3, -0.25) is 0 Å². The van der Waals surface area contributed by atoms with Gasteiger partial charge < -0.3 is 20.3 Å². The van der Waals surface area contributed by atoms with Gasteiger partial charge in [0, 0.05) is 11.1 Å². The summed E-state index contributed by atoms with van der Waals surface area (Å²) >= 11 is 0. The molecular weight excluding hydrogens is 551 g/mol. The molecule has 2 heterocycles. The first kappa shape index (κ1) is 29.8. The number of hydrogen-bond donors (Lipinski definition) is 4. The molecule has 0 spiro atoms. The van der Waals surface area contributed by atoms with E-state index < -0.39 is 0 Å². The lowest BCUT2D eigenvalue weighted by atomic mass is 9.92. The predicted molar refractivity (Wildman–Crippen MR) is 165 cm³/mol. The number of halogens is 2. The van der Waals surface area contributed by atoms with Gasteiger partial charge in [-0.1, -0.05) is 48.5 Å². The molecule has 3 aromatic carbocycles. The highest BCUT2D eigenvalue weighted by Crippen LogP contribution is 2.31. The molecule has 0 radical (unpaired) electrons. The second-order valence-electron chi connectivity index (χ2n) is 8.22. The Labute approximate surface area is 242 Å². The zero-order chi connectivity index (χ0) is 26.2. The number of nitrogens with one attached hydrogen (secondary N) is 2. The minimum Gasteiger partial charge on any atom is -0.467 e. The number of guanidine groups is 2. The maximum absolute atomic E-state index is 5.97. The Morgan fingerprint density at radius 3 is 1.30 bits per heavy atom. The standard InChI is InChI=1S/C28H26N8O2.2ClH/c29-27(31-15-19-7-5-13-37-19)35-33-17-25-21-9-1-2-10-22(21)26(24-12-4-3-11-23(24)25)18-34-36-28(30)32-16-20-8-6-14-38-20;;/h1-14,17-18H,15-16H2,(H3,29,31,35)(H3,30,32,36);2*1H. The number of rotatable bonds is 8. The topological polar surface area (TPSA) is 152 Å². The minimum absolute atomic E-state index is 0. The molecule has 0 amide bonds. The zero-order valence-electron chi connectivity index (χ0n) is 21.2. The van der Waals surface area contributed by atoms with Crippen LogP contribution < -0.4 is 22.3 Å². The second kappa shape index (κ2) is 14.4. The van der Waals surface area contributed by atoms with Gasteiger partial charge >= 0.3 is 0 Å². The van der Waals surface area contributed by atoms with E-state index in [1.807, 2.05) is 60.7 Å². The molecule has 12 heteroatoms. The highest BCUT2D eigenvalue weighted by atomic mass is 35.5. The molecule has 10 nitrogen and oxygen atoms in total. The van der Waals surface area contributed by atoms with Crippen molar-refractivity contribution in [3.8, 4) is 0 Å². The molecule has 5 aromatic rings. The predicted octanol–water partition coefficient (Wildman–Crippen LogP) is 4.90. The third-order valence-electron chi connectivity index (χ3n) is 5.73. The van der Waals surface area contributed by atoms with Crippen LogP contribution in [0.3, 0.4) is 0 Å². The van der Waals surface area contributed by atoms with Crippen LogP contribution in [-0.4, -0.2) is 24.3 Å². The minimum atomic E-state index is 0. The van der Waals surface area contributed by atoms with Crippen LogP contribution in [0.2, 0.25) is 0 Å². The molecular formula is C28H28Cl2N8O2. The number of aliphatic imine (C=N–C) groups is 2. The van der Waals surface area contributed by atoms with Crippen LogP contribution in [0.25, 0.3) is 21.5 Å². The van der Waals surface area contributed by atoms with E-state index in [1.54, 1.807) is 37.1 Å². The van der Waals surface area contributed by atoms with Gasteiger partial charge in [0.1, 0.15) is 24.6 Å². The molecule has 0 saturated carbocycles. The lowest BCUT2D eigenvalue weighted by molar-refractivity contribution is 0.512. The molecule has 6 N–H and O–H groups in total. The van der Waals surface area contributed by atoms with Crippen molar-refractivity contribution >= 4 is 70.7 Å². The van der Waals surface area contributed by atoms with Gasteiger partial charge in [0.2, 0.25) is 11.9 Å². The Bertz CT molecular complexity index is 1470. The van der Waals surface area contributed by atoms with Crippen molar-refractivity contribution in [2.75, 3.05) is 0 Å². The quantitative estimate of drug-likeness (QED) is 0.0889. The summed E-state index contributed by atoms with van der Waals surface area (Å²) in [5.74, 6) is 1.81. The highest BCUT2D eigenvalue weighted by Gasteiger charge is 2.11. The fourth-order valence-electron chi connectivity index (χ4n) is 4.00. The van der Waals surface area contributed by atoms with Crippen molar-refractivity contribution < 1.29 is 8.83 Å². The number of hydrogen-bond acceptors (Lipinski definition) is 6. The fourth-order valence-corrected chi connectivity index (χ4v) is 4.00. The summed E-state index contributed by atoms with van der Waals surface area (Å²) in [6.07, 6.45) is 6.69. The number of nitrogens with zero attached hydrogens (tertiary/aromatic N) is 4. The smallest absolute Gasteiger partial charge is 0.209 e. The number of fused-ring (bicyclic) bond motifs is 2. The summed E-state index contributed by atoms with van der Waals surface area (Å²) in [7, 11) is 0. The normalized spacial score (nSPS) is 12.1. The highest BCUT2D eigenvalue weighted by molar-refractivity contribution is 6.21. The van der Waals surface area contributed by atoms with E-state index in [1.165, 1.54) is 0 Å². The van der Waals surface area contributed by atoms with E-state index in [4.69, 9.17) is 20.3 Å². The van der Waals surface area contributed by atoms with Crippen LogP contribution in [0.1, 0.15) is 22.6 Å². The van der Waals surface area contributed by atoms with Crippen molar-refractivity contribution in [1.82, 2.24) is 10.9 Å². The first-order chi connectivity index (χ1) is 18.7. The largest absolute Gasteiger partial charge is 0.467 e. The van der Waals surface area contributed by atoms with Crippen molar-refractivity contribution in [3.63, 3.8) is 0 Å². The molecule has 0 atom stereocenters. The van der Waals surface area contributed by atoms with Gasteiger partial charge in [0.15, 0.2) is 0 Å². The Balaban J connectivity index is 0.00000220. The molecule has 2 aromatic heterocycles. The van der Waals surface area contributed by atoms with E-state index in [9.17, 15) is 0 Å². The van der Waals surface area contributed by atoms with E-state index in [0.717, 1.165) is 32.7 Å². The summed E-state index contributed by atoms with van der Waals surface area (Å²) in [5.41, 5.74) is 19.4. The van der Waals surface area contributed by atoms with Crippen molar-refractivity contribution in [1.29, 1.82) is 0 Å². The number of furan rings is 2. The van der Waals surface area contributed by atoms with E-state index in [2.05, 4.69) is 31.0 Å². The maximum atomic E-state index is 5.97. The third kappa shape index (κ3) is 7.19. The van der Waals surface area contributed by atoms with Crippen LogP contribution in [0, 0.1) is 0 Å². The van der Waals surface area contributed by atoms with E-state index in [0.29, 0.717) is 24.6 Å². The summed E-state index contributed by atoms with van der Waals surface area (Å²) in [6.45, 7) is 0.653. The van der Waals surface area contributed by atoms with Gasteiger partial charge in [0.25, 0.3) is 0 Å². The number of nitrogens with two attached hydrogens (primary N) is 2. The average Bonchev–Trinajstić information content (AvgIpc) is 3.66. The Hall–Kier alpha value is -4.80. The fraction of sp³-hybridized carbons (Fsp3) is 0.0714. The summed E-state index contributed by atoms with van der Waals surface area (Å²) in [5, 5.41) is 12.7. The van der Waals surface area contributed by atoms with E-state index >= 15 is 0 Å². The molecule has 5 rings (SSSR count). The first-order valence-corrected chi connectivity index (χ1v) is 11.9. The number of hydrazone groups is 2. The van der Waals surface area contributed by atoms with Crippen LogP contribution in [0.15, 0.2) is 114 Å². The van der Waals surface area contributed by atoms with Gasteiger partial charge in [-0.05, 0) is 45.8 Å². The van der Waals surface area contributed by atoms with E-state index in [-0.39, 0.29) is 36.7 Å². The molecule has 0 bridgehead atoms. The summed E-state index contributed by atoms with van der Waals surface area (Å²) in [4.78, 5) is 8.48. The summed E-state index contributed by atoms with van der Waals surface area (Å²) < 4.78 is 10.5.